The summed E-state index contributed by atoms with van der Waals surface area (Å²) in [5.41, 5.74) is 1.20. The molecule has 1 aromatic carbocycles. The Morgan fingerprint density at radius 1 is 0.952 bits per heavy atom. The molecule has 0 saturated carbocycles. The largest absolute Gasteiger partial charge is 0.229 e. The summed E-state index contributed by atoms with van der Waals surface area (Å²) in [5, 5.41) is 0.937. The highest BCUT2D eigenvalue weighted by atomic mass is 35.5. The minimum Gasteiger partial charge on any atom is -0.229 e. The predicted molar refractivity (Wildman–Crippen MR) is 92.2 cm³/mol. The first-order valence-corrected chi connectivity index (χ1v) is 9.95. The first-order valence-electron chi connectivity index (χ1n) is 7.48. The normalized spacial score (nSPS) is 12.0. The minimum absolute atomic E-state index is 0.257. The molecule has 0 N–H and O–H groups in total. The van der Waals surface area contributed by atoms with Gasteiger partial charge in [-0.15, -0.1) is 0 Å². The molecule has 0 aromatic heterocycles. The van der Waals surface area contributed by atoms with Crippen LogP contribution in [0.2, 0.25) is 10.0 Å². The van der Waals surface area contributed by atoms with E-state index in [-0.39, 0.29) is 5.25 Å². The number of sulfone groups is 1. The third-order valence-corrected chi connectivity index (χ3v) is 6.63. The second kappa shape index (κ2) is 9.02. The van der Waals surface area contributed by atoms with E-state index in [4.69, 9.17) is 23.2 Å². The van der Waals surface area contributed by atoms with Crippen LogP contribution in [0.25, 0.3) is 0 Å². The third kappa shape index (κ3) is 7.03. The van der Waals surface area contributed by atoms with Crippen molar-refractivity contribution < 1.29 is 8.42 Å². The highest BCUT2D eigenvalue weighted by molar-refractivity contribution is 7.91. The Labute approximate surface area is 138 Å². The summed E-state index contributed by atoms with van der Waals surface area (Å²) in [7, 11) is -2.87. The summed E-state index contributed by atoms with van der Waals surface area (Å²) >= 11 is 11.9. The lowest BCUT2D eigenvalue weighted by Gasteiger charge is -2.07. The van der Waals surface area contributed by atoms with Gasteiger partial charge in [0.2, 0.25) is 0 Å². The van der Waals surface area contributed by atoms with Crippen molar-refractivity contribution in [3.05, 3.63) is 33.8 Å². The molecule has 5 heteroatoms. The van der Waals surface area contributed by atoms with Crippen LogP contribution in [0.15, 0.2) is 18.2 Å². The number of rotatable bonds is 9. The van der Waals surface area contributed by atoms with E-state index >= 15 is 0 Å². The average molecular weight is 351 g/mol. The lowest BCUT2D eigenvalue weighted by atomic mass is 10.1. The monoisotopic (exact) mass is 350 g/mol. The van der Waals surface area contributed by atoms with Crippen LogP contribution in [0.5, 0.6) is 0 Å². The second-order valence-electron chi connectivity index (χ2n) is 5.68. The third-order valence-electron chi connectivity index (χ3n) is 3.60. The molecule has 21 heavy (non-hydrogen) atoms. The molecule has 1 rings (SSSR count). The highest BCUT2D eigenvalue weighted by Crippen LogP contribution is 2.23. The van der Waals surface area contributed by atoms with Crippen molar-refractivity contribution in [2.45, 2.75) is 57.6 Å². The molecule has 0 aliphatic heterocycles. The summed E-state index contributed by atoms with van der Waals surface area (Å²) in [5.74, 6) is 0.317. The highest BCUT2D eigenvalue weighted by Gasteiger charge is 2.14. The molecule has 0 atom stereocenters. The fourth-order valence-electron chi connectivity index (χ4n) is 2.09. The summed E-state index contributed by atoms with van der Waals surface area (Å²) in [6.45, 7) is 3.49. The fraction of sp³-hybridized carbons (Fsp3) is 0.625. The molecule has 0 radical (unpaired) electrons. The molecule has 120 valence electrons. The van der Waals surface area contributed by atoms with Crippen molar-refractivity contribution in [1.29, 1.82) is 0 Å². The van der Waals surface area contributed by atoms with Gasteiger partial charge in [-0.3, -0.25) is 0 Å². The average Bonchev–Trinajstić information content (AvgIpc) is 2.41. The molecule has 0 aliphatic carbocycles. The van der Waals surface area contributed by atoms with Crippen molar-refractivity contribution >= 4 is 33.0 Å². The van der Waals surface area contributed by atoms with Gasteiger partial charge in [0.15, 0.2) is 9.84 Å². The van der Waals surface area contributed by atoms with Crippen molar-refractivity contribution in [1.82, 2.24) is 0 Å². The Kier molecular flexibility index (Phi) is 8.07. The number of halogens is 2. The molecule has 0 spiro atoms. The van der Waals surface area contributed by atoms with Crippen LogP contribution in [0, 0.1) is 0 Å². The van der Waals surface area contributed by atoms with E-state index in [9.17, 15) is 8.42 Å². The van der Waals surface area contributed by atoms with Gasteiger partial charge in [0.1, 0.15) is 0 Å². The Morgan fingerprint density at radius 3 is 2.19 bits per heavy atom. The molecule has 0 fully saturated rings. The van der Waals surface area contributed by atoms with Crippen LogP contribution in [0.4, 0.5) is 0 Å². The van der Waals surface area contributed by atoms with E-state index in [0.29, 0.717) is 15.8 Å². The smallest absolute Gasteiger partial charge is 0.152 e. The predicted octanol–water partition coefficient (Wildman–Crippen LogP) is 5.31. The summed E-state index contributed by atoms with van der Waals surface area (Å²) in [6.07, 6.45) is 6.02. The molecule has 0 saturated heterocycles. The molecule has 2 nitrogen and oxygen atoms in total. The van der Waals surface area contributed by atoms with Crippen molar-refractivity contribution in [3.63, 3.8) is 0 Å². The zero-order chi connectivity index (χ0) is 15.9. The van der Waals surface area contributed by atoms with Gasteiger partial charge in [-0.25, -0.2) is 8.42 Å². The van der Waals surface area contributed by atoms with Crippen LogP contribution in [-0.2, 0) is 16.3 Å². The molecule has 0 heterocycles. The minimum atomic E-state index is -2.87. The van der Waals surface area contributed by atoms with Crippen LogP contribution in [0.3, 0.4) is 0 Å². The van der Waals surface area contributed by atoms with Gasteiger partial charge in [-0.1, -0.05) is 48.5 Å². The molecule has 0 aliphatic rings. The Morgan fingerprint density at radius 2 is 1.57 bits per heavy atom. The lowest BCUT2D eigenvalue weighted by Crippen LogP contribution is -2.17. The number of hydrogen-bond acceptors (Lipinski definition) is 2. The van der Waals surface area contributed by atoms with E-state index in [2.05, 4.69) is 0 Å². The maximum Gasteiger partial charge on any atom is 0.152 e. The summed E-state index contributed by atoms with van der Waals surface area (Å²) in [6, 6.07) is 5.75. The Bertz CT molecular complexity index is 539. The summed E-state index contributed by atoms with van der Waals surface area (Å²) < 4.78 is 23.3. The Balaban J connectivity index is 2.14. The Hall–Kier alpha value is -0.250. The van der Waals surface area contributed by atoms with E-state index in [0.717, 1.165) is 38.5 Å². The van der Waals surface area contributed by atoms with Gasteiger partial charge in [0.05, 0.1) is 21.0 Å². The lowest BCUT2D eigenvalue weighted by molar-refractivity contribution is 0.577. The van der Waals surface area contributed by atoms with E-state index in [1.54, 1.807) is 13.8 Å². The molecule has 1 aromatic rings. The second-order valence-corrected chi connectivity index (χ2v) is 9.17. The zero-order valence-corrected chi connectivity index (χ0v) is 15.1. The van der Waals surface area contributed by atoms with Crippen molar-refractivity contribution in [2.24, 2.45) is 0 Å². The fourth-order valence-corrected chi connectivity index (χ4v) is 3.49. The van der Waals surface area contributed by atoms with Gasteiger partial charge in [0, 0.05) is 0 Å². The summed E-state index contributed by atoms with van der Waals surface area (Å²) in [4.78, 5) is 0. The number of benzene rings is 1. The standard InChI is InChI=1S/C16H24Cl2O2S/c1-13(2)21(19,20)11-7-5-3-4-6-8-14-9-10-15(17)16(18)12-14/h9-10,12-13H,3-8,11H2,1-2H3. The van der Waals surface area contributed by atoms with Crippen LogP contribution >= 0.6 is 23.2 Å². The van der Waals surface area contributed by atoms with Gasteiger partial charge in [0.25, 0.3) is 0 Å². The van der Waals surface area contributed by atoms with Crippen molar-refractivity contribution in [2.75, 3.05) is 5.75 Å². The molecule has 0 amide bonds. The zero-order valence-electron chi connectivity index (χ0n) is 12.7. The van der Waals surface area contributed by atoms with Gasteiger partial charge < -0.3 is 0 Å². The van der Waals surface area contributed by atoms with Crippen molar-refractivity contribution in [3.8, 4) is 0 Å². The van der Waals surface area contributed by atoms with Crippen LogP contribution in [-0.4, -0.2) is 19.4 Å². The van der Waals surface area contributed by atoms with Crippen LogP contribution < -0.4 is 0 Å². The van der Waals surface area contributed by atoms with E-state index in [1.807, 2.05) is 18.2 Å². The number of aryl methyl sites for hydroxylation is 1. The van der Waals surface area contributed by atoms with Gasteiger partial charge in [-0.05, 0) is 50.8 Å². The molecular formula is C16H24Cl2O2S. The van der Waals surface area contributed by atoms with Gasteiger partial charge >= 0.3 is 0 Å². The topological polar surface area (TPSA) is 34.1 Å². The maximum atomic E-state index is 11.6. The van der Waals surface area contributed by atoms with E-state index in [1.165, 1.54) is 5.56 Å². The molecule has 0 unspecified atom stereocenters. The maximum absolute atomic E-state index is 11.6. The molecular weight excluding hydrogens is 327 g/mol. The number of unbranched alkanes of at least 4 members (excludes halogenated alkanes) is 4. The number of hydrogen-bond donors (Lipinski definition) is 0. The van der Waals surface area contributed by atoms with Crippen LogP contribution in [0.1, 0.15) is 51.5 Å². The quantitative estimate of drug-likeness (QED) is 0.565. The molecule has 0 bridgehead atoms. The first kappa shape index (κ1) is 18.8. The first-order chi connectivity index (χ1) is 9.83. The van der Waals surface area contributed by atoms with Gasteiger partial charge in [-0.2, -0.15) is 0 Å². The SMILES string of the molecule is CC(C)S(=O)(=O)CCCCCCCc1ccc(Cl)c(Cl)c1. The van der Waals surface area contributed by atoms with E-state index < -0.39 is 9.84 Å².